The molecule has 5 heteroatoms. The normalized spacial score (nSPS) is 12.8. The Morgan fingerprint density at radius 2 is 1.81 bits per heavy atom. The monoisotopic (exact) mass is 231 g/mol. The average Bonchev–Trinajstić information content (AvgIpc) is 2.11. The van der Waals surface area contributed by atoms with Crippen molar-refractivity contribution in [3.63, 3.8) is 0 Å². The summed E-state index contributed by atoms with van der Waals surface area (Å²) in [6, 6.07) is 0. The first-order valence-corrected chi connectivity index (χ1v) is 5.38. The number of carbonyl (C=O) groups excluding carboxylic acids is 2. The van der Waals surface area contributed by atoms with Gasteiger partial charge in [-0.25, -0.2) is 4.79 Å². The van der Waals surface area contributed by atoms with Gasteiger partial charge in [0.15, 0.2) is 0 Å². The van der Waals surface area contributed by atoms with Crippen LogP contribution in [0.2, 0.25) is 0 Å². The van der Waals surface area contributed by atoms with E-state index in [1.807, 2.05) is 20.8 Å². The summed E-state index contributed by atoms with van der Waals surface area (Å²) in [6.45, 7) is 9.30. The van der Waals surface area contributed by atoms with Crippen LogP contribution < -0.4 is 5.32 Å². The van der Waals surface area contributed by atoms with E-state index in [1.54, 1.807) is 13.8 Å². The average molecular weight is 231 g/mol. The highest BCUT2D eigenvalue weighted by atomic mass is 16.6. The lowest BCUT2D eigenvalue weighted by Crippen LogP contribution is -2.41. The minimum atomic E-state index is -0.524. The second kappa shape index (κ2) is 6.35. The Morgan fingerprint density at radius 3 is 2.25 bits per heavy atom. The van der Waals surface area contributed by atoms with E-state index in [4.69, 9.17) is 9.47 Å². The smallest absolute Gasteiger partial charge is 0.407 e. The molecule has 0 spiro atoms. The summed E-state index contributed by atoms with van der Waals surface area (Å²) in [5, 5.41) is 2.63. The van der Waals surface area contributed by atoms with E-state index in [0.717, 1.165) is 0 Å². The quantitative estimate of drug-likeness (QED) is 0.748. The van der Waals surface area contributed by atoms with Gasteiger partial charge in [-0.1, -0.05) is 0 Å². The van der Waals surface area contributed by atoms with E-state index in [-0.39, 0.29) is 18.1 Å². The SMILES string of the molecule is CCOC(=O)C(C)COC(=O)NC(C)(C)C. The van der Waals surface area contributed by atoms with Gasteiger partial charge in [0.2, 0.25) is 0 Å². The van der Waals surface area contributed by atoms with Gasteiger partial charge in [-0.15, -0.1) is 0 Å². The highest BCUT2D eigenvalue weighted by Crippen LogP contribution is 2.02. The highest BCUT2D eigenvalue weighted by Gasteiger charge is 2.18. The molecule has 0 bridgehead atoms. The maximum atomic E-state index is 11.3. The summed E-state index contributed by atoms with van der Waals surface area (Å²) in [5.74, 6) is -0.795. The van der Waals surface area contributed by atoms with Crippen LogP contribution in [0.4, 0.5) is 4.79 Å². The summed E-state index contributed by atoms with van der Waals surface area (Å²) < 4.78 is 9.68. The minimum absolute atomic E-state index is 0.0285. The van der Waals surface area contributed by atoms with Crippen molar-refractivity contribution in [3.8, 4) is 0 Å². The third kappa shape index (κ3) is 7.09. The number of amides is 1. The van der Waals surface area contributed by atoms with E-state index >= 15 is 0 Å². The lowest BCUT2D eigenvalue weighted by molar-refractivity contribution is -0.148. The van der Waals surface area contributed by atoms with Gasteiger partial charge in [0.1, 0.15) is 6.61 Å². The summed E-state index contributed by atoms with van der Waals surface area (Å²) >= 11 is 0. The van der Waals surface area contributed by atoms with Crippen molar-refractivity contribution in [2.75, 3.05) is 13.2 Å². The second-order valence-electron chi connectivity index (χ2n) is 4.63. The largest absolute Gasteiger partial charge is 0.466 e. The van der Waals surface area contributed by atoms with Gasteiger partial charge in [-0.2, -0.15) is 0 Å². The van der Waals surface area contributed by atoms with Crippen molar-refractivity contribution in [3.05, 3.63) is 0 Å². The van der Waals surface area contributed by atoms with Crippen LogP contribution in [0.3, 0.4) is 0 Å². The summed E-state index contributed by atoms with van der Waals surface area (Å²) in [5.41, 5.74) is -0.343. The summed E-state index contributed by atoms with van der Waals surface area (Å²) in [6.07, 6.45) is -0.524. The van der Waals surface area contributed by atoms with Gasteiger partial charge >= 0.3 is 12.1 Å². The Labute approximate surface area is 96.5 Å². The van der Waals surface area contributed by atoms with Gasteiger partial charge in [0, 0.05) is 5.54 Å². The van der Waals surface area contributed by atoms with Gasteiger partial charge in [0.25, 0.3) is 0 Å². The number of rotatable bonds is 4. The van der Waals surface area contributed by atoms with E-state index in [0.29, 0.717) is 6.61 Å². The second-order valence-corrected chi connectivity index (χ2v) is 4.63. The van der Waals surface area contributed by atoms with Crippen molar-refractivity contribution in [2.24, 2.45) is 5.92 Å². The molecule has 0 saturated heterocycles. The zero-order valence-electron chi connectivity index (χ0n) is 10.6. The molecule has 1 atom stereocenters. The molecular weight excluding hydrogens is 210 g/mol. The Bertz CT molecular complexity index is 245. The van der Waals surface area contributed by atoms with Gasteiger partial charge in [-0.3, -0.25) is 4.79 Å². The maximum Gasteiger partial charge on any atom is 0.407 e. The topological polar surface area (TPSA) is 64.6 Å². The molecule has 1 N–H and O–H groups in total. The van der Waals surface area contributed by atoms with Gasteiger partial charge in [-0.05, 0) is 34.6 Å². The van der Waals surface area contributed by atoms with Crippen LogP contribution in [0.15, 0.2) is 0 Å². The number of hydrogen-bond donors (Lipinski definition) is 1. The molecule has 0 heterocycles. The van der Waals surface area contributed by atoms with Crippen LogP contribution in [0, 0.1) is 5.92 Å². The minimum Gasteiger partial charge on any atom is -0.466 e. The lowest BCUT2D eigenvalue weighted by Gasteiger charge is -2.20. The number of nitrogens with one attached hydrogen (secondary N) is 1. The first-order valence-electron chi connectivity index (χ1n) is 5.38. The highest BCUT2D eigenvalue weighted by molar-refractivity contribution is 5.73. The standard InChI is InChI=1S/C11H21NO4/c1-6-15-9(13)8(2)7-16-10(14)12-11(3,4)5/h8H,6-7H2,1-5H3,(H,12,14). The van der Waals surface area contributed by atoms with Crippen molar-refractivity contribution < 1.29 is 19.1 Å². The maximum absolute atomic E-state index is 11.3. The van der Waals surface area contributed by atoms with Crippen LogP contribution in [0.25, 0.3) is 0 Å². The number of hydrogen-bond acceptors (Lipinski definition) is 4. The number of ether oxygens (including phenoxy) is 2. The fourth-order valence-corrected chi connectivity index (χ4v) is 0.896. The van der Waals surface area contributed by atoms with Crippen molar-refractivity contribution in [1.29, 1.82) is 0 Å². The predicted molar refractivity (Wildman–Crippen MR) is 60.0 cm³/mol. The van der Waals surface area contributed by atoms with Crippen LogP contribution in [-0.4, -0.2) is 30.8 Å². The molecule has 0 radical (unpaired) electrons. The molecule has 16 heavy (non-hydrogen) atoms. The van der Waals surface area contributed by atoms with E-state index in [9.17, 15) is 9.59 Å². The Kier molecular flexibility index (Phi) is 5.85. The Balaban J connectivity index is 3.88. The van der Waals surface area contributed by atoms with E-state index < -0.39 is 12.0 Å². The molecule has 5 nitrogen and oxygen atoms in total. The van der Waals surface area contributed by atoms with Crippen LogP contribution in [-0.2, 0) is 14.3 Å². The Hall–Kier alpha value is -1.26. The Morgan fingerprint density at radius 1 is 1.25 bits per heavy atom. The molecule has 0 aromatic rings. The van der Waals surface area contributed by atoms with E-state index in [2.05, 4.69) is 5.32 Å². The third-order valence-electron chi connectivity index (χ3n) is 1.63. The van der Waals surface area contributed by atoms with Gasteiger partial charge < -0.3 is 14.8 Å². The zero-order valence-corrected chi connectivity index (χ0v) is 10.6. The molecule has 0 fully saturated rings. The first-order chi connectivity index (χ1) is 7.26. The van der Waals surface area contributed by atoms with Gasteiger partial charge in [0.05, 0.1) is 12.5 Å². The molecular formula is C11H21NO4. The predicted octanol–water partition coefficient (Wildman–Crippen LogP) is 1.71. The zero-order chi connectivity index (χ0) is 12.8. The summed E-state index contributed by atoms with van der Waals surface area (Å²) in [4.78, 5) is 22.5. The molecule has 0 saturated carbocycles. The molecule has 0 aromatic carbocycles. The van der Waals surface area contributed by atoms with Crippen LogP contribution in [0.1, 0.15) is 34.6 Å². The van der Waals surface area contributed by atoms with Crippen LogP contribution in [0.5, 0.6) is 0 Å². The molecule has 1 amide bonds. The van der Waals surface area contributed by atoms with Crippen molar-refractivity contribution in [1.82, 2.24) is 5.32 Å². The fourth-order valence-electron chi connectivity index (χ4n) is 0.896. The molecule has 0 aliphatic rings. The van der Waals surface area contributed by atoms with Crippen molar-refractivity contribution in [2.45, 2.75) is 40.2 Å². The lowest BCUT2D eigenvalue weighted by atomic mass is 10.1. The number of alkyl carbamates (subject to hydrolysis) is 1. The van der Waals surface area contributed by atoms with E-state index in [1.165, 1.54) is 0 Å². The first kappa shape index (κ1) is 14.7. The summed E-state index contributed by atoms with van der Waals surface area (Å²) in [7, 11) is 0. The fraction of sp³-hybridized carbons (Fsp3) is 0.818. The molecule has 0 aliphatic heterocycles. The number of carbonyl (C=O) groups is 2. The van der Waals surface area contributed by atoms with Crippen LogP contribution >= 0.6 is 0 Å². The molecule has 0 aliphatic carbocycles. The number of esters is 1. The van der Waals surface area contributed by atoms with Crippen molar-refractivity contribution >= 4 is 12.1 Å². The molecule has 94 valence electrons. The molecule has 0 rings (SSSR count). The molecule has 1 unspecified atom stereocenters. The third-order valence-corrected chi connectivity index (χ3v) is 1.63. The molecule has 0 aromatic heterocycles.